The van der Waals surface area contributed by atoms with E-state index < -0.39 is 0 Å². The molecule has 0 atom stereocenters. The summed E-state index contributed by atoms with van der Waals surface area (Å²) in [6.45, 7) is 11.9. The highest BCUT2D eigenvalue weighted by atomic mass is 16.5. The molecule has 0 radical (unpaired) electrons. The fourth-order valence-corrected chi connectivity index (χ4v) is 1.18. The molecule has 0 unspecified atom stereocenters. The maximum atomic E-state index is 5.70. The van der Waals surface area contributed by atoms with E-state index in [0.29, 0.717) is 5.92 Å². The number of ether oxygens (including phenoxy) is 2. The third-order valence-corrected chi connectivity index (χ3v) is 2.09. The van der Waals surface area contributed by atoms with Gasteiger partial charge in [-0.2, -0.15) is 0 Å². The van der Waals surface area contributed by atoms with Gasteiger partial charge in [-0.1, -0.05) is 27.2 Å². The third-order valence-electron chi connectivity index (χ3n) is 2.09. The number of rotatable bonds is 8. The standard InChI is InChI=1S/C14H26O2/c1-6-9-10-15-13(7-2)14(8-3)16-11-12(4)5/h7-8,12H,6,9-11H2,1-5H3. The average Bonchev–Trinajstić information content (AvgIpc) is 2.27. The van der Waals surface area contributed by atoms with Crippen molar-refractivity contribution in [3.05, 3.63) is 23.7 Å². The van der Waals surface area contributed by atoms with Crippen LogP contribution in [0.1, 0.15) is 47.5 Å². The molecule has 0 aliphatic rings. The lowest BCUT2D eigenvalue weighted by molar-refractivity contribution is 0.133. The van der Waals surface area contributed by atoms with Crippen molar-refractivity contribution in [3.63, 3.8) is 0 Å². The average molecular weight is 226 g/mol. The van der Waals surface area contributed by atoms with Crippen LogP contribution in [-0.2, 0) is 9.47 Å². The van der Waals surface area contributed by atoms with Gasteiger partial charge in [-0.25, -0.2) is 0 Å². The second kappa shape index (κ2) is 9.32. The normalized spacial score (nSPS) is 13.1. The van der Waals surface area contributed by atoms with Gasteiger partial charge < -0.3 is 9.47 Å². The van der Waals surface area contributed by atoms with Gasteiger partial charge in [0.25, 0.3) is 0 Å². The maximum absolute atomic E-state index is 5.70. The summed E-state index contributed by atoms with van der Waals surface area (Å²) in [7, 11) is 0. The molecule has 0 spiro atoms. The van der Waals surface area contributed by atoms with Gasteiger partial charge in [0, 0.05) is 0 Å². The fourth-order valence-electron chi connectivity index (χ4n) is 1.18. The molecule has 0 saturated heterocycles. The van der Waals surface area contributed by atoms with E-state index in [1.165, 1.54) is 0 Å². The molecule has 0 bridgehead atoms. The first-order valence-corrected chi connectivity index (χ1v) is 6.24. The zero-order valence-electron chi connectivity index (χ0n) is 11.4. The van der Waals surface area contributed by atoms with E-state index in [9.17, 15) is 0 Å². The van der Waals surface area contributed by atoms with Gasteiger partial charge in [0.15, 0.2) is 11.5 Å². The summed E-state index contributed by atoms with van der Waals surface area (Å²) in [5.74, 6) is 2.24. The maximum Gasteiger partial charge on any atom is 0.156 e. The highest BCUT2D eigenvalue weighted by Gasteiger charge is 2.07. The first-order chi connectivity index (χ1) is 7.65. The Hall–Kier alpha value is -0.920. The van der Waals surface area contributed by atoms with Gasteiger partial charge in [0.2, 0.25) is 0 Å². The molecule has 0 saturated carbocycles. The van der Waals surface area contributed by atoms with Crippen molar-refractivity contribution in [2.75, 3.05) is 13.2 Å². The van der Waals surface area contributed by atoms with Gasteiger partial charge in [-0.05, 0) is 38.3 Å². The Morgan fingerprint density at radius 1 is 1.06 bits per heavy atom. The van der Waals surface area contributed by atoms with Crippen LogP contribution in [0.15, 0.2) is 23.7 Å². The van der Waals surface area contributed by atoms with Crippen molar-refractivity contribution in [2.24, 2.45) is 5.92 Å². The van der Waals surface area contributed by atoms with Crippen LogP contribution >= 0.6 is 0 Å². The Bertz CT molecular complexity index is 227. The second-order valence-corrected chi connectivity index (χ2v) is 4.21. The van der Waals surface area contributed by atoms with Crippen molar-refractivity contribution in [3.8, 4) is 0 Å². The SMILES string of the molecule is CC=C(OCCCC)C(=CC)OCC(C)C. The summed E-state index contributed by atoms with van der Waals surface area (Å²) < 4.78 is 11.4. The summed E-state index contributed by atoms with van der Waals surface area (Å²) in [6, 6.07) is 0. The first kappa shape index (κ1) is 15.1. The molecular weight excluding hydrogens is 200 g/mol. The van der Waals surface area contributed by atoms with Crippen molar-refractivity contribution < 1.29 is 9.47 Å². The molecule has 0 aromatic rings. The minimum Gasteiger partial charge on any atom is -0.490 e. The van der Waals surface area contributed by atoms with Crippen LogP contribution in [0.3, 0.4) is 0 Å². The second-order valence-electron chi connectivity index (χ2n) is 4.21. The highest BCUT2D eigenvalue weighted by molar-refractivity contribution is 5.18. The zero-order chi connectivity index (χ0) is 12.4. The molecule has 0 rings (SSSR count). The number of allylic oxidation sites excluding steroid dienone is 2. The Morgan fingerprint density at radius 3 is 2.06 bits per heavy atom. The van der Waals surface area contributed by atoms with Crippen molar-refractivity contribution in [2.45, 2.75) is 47.5 Å². The zero-order valence-corrected chi connectivity index (χ0v) is 11.4. The molecule has 0 aromatic heterocycles. The van der Waals surface area contributed by atoms with Crippen molar-refractivity contribution in [1.29, 1.82) is 0 Å². The van der Waals surface area contributed by atoms with E-state index in [4.69, 9.17) is 9.47 Å². The van der Waals surface area contributed by atoms with Crippen LogP contribution in [0, 0.1) is 5.92 Å². The van der Waals surface area contributed by atoms with Crippen molar-refractivity contribution in [1.82, 2.24) is 0 Å². The highest BCUT2D eigenvalue weighted by Crippen LogP contribution is 2.15. The van der Waals surface area contributed by atoms with Crippen LogP contribution < -0.4 is 0 Å². The molecule has 0 heterocycles. The summed E-state index contributed by atoms with van der Waals surface area (Å²) in [6.07, 6.45) is 6.16. The van der Waals surface area contributed by atoms with E-state index in [0.717, 1.165) is 37.6 Å². The van der Waals surface area contributed by atoms with Gasteiger partial charge >= 0.3 is 0 Å². The number of hydrogen-bond donors (Lipinski definition) is 0. The lowest BCUT2D eigenvalue weighted by Crippen LogP contribution is -2.06. The van der Waals surface area contributed by atoms with Crippen LogP contribution in [0.25, 0.3) is 0 Å². The van der Waals surface area contributed by atoms with Crippen LogP contribution in [0.2, 0.25) is 0 Å². The van der Waals surface area contributed by atoms with Gasteiger partial charge in [-0.15, -0.1) is 0 Å². The minimum absolute atomic E-state index is 0.531. The molecule has 0 aliphatic carbocycles. The topological polar surface area (TPSA) is 18.5 Å². The molecule has 16 heavy (non-hydrogen) atoms. The predicted molar refractivity (Wildman–Crippen MR) is 69.2 cm³/mol. The lowest BCUT2D eigenvalue weighted by atomic mass is 10.2. The minimum atomic E-state index is 0.531. The quantitative estimate of drug-likeness (QED) is 0.349. The van der Waals surface area contributed by atoms with Crippen LogP contribution in [0.4, 0.5) is 0 Å². The molecular formula is C14H26O2. The number of unbranched alkanes of at least 4 members (excludes halogenated alkanes) is 1. The third kappa shape index (κ3) is 6.54. The lowest BCUT2D eigenvalue weighted by Gasteiger charge is -2.15. The Balaban J connectivity index is 4.19. The van der Waals surface area contributed by atoms with Crippen LogP contribution in [-0.4, -0.2) is 13.2 Å². The molecule has 0 aliphatic heterocycles. The smallest absolute Gasteiger partial charge is 0.156 e. The van der Waals surface area contributed by atoms with E-state index >= 15 is 0 Å². The van der Waals surface area contributed by atoms with Crippen molar-refractivity contribution >= 4 is 0 Å². The fraction of sp³-hybridized carbons (Fsp3) is 0.714. The predicted octanol–water partition coefficient (Wildman–Crippen LogP) is 4.28. The molecule has 0 fully saturated rings. The largest absolute Gasteiger partial charge is 0.490 e. The summed E-state index contributed by atoms with van der Waals surface area (Å²) in [5, 5.41) is 0. The van der Waals surface area contributed by atoms with E-state index in [2.05, 4.69) is 20.8 Å². The molecule has 0 N–H and O–H groups in total. The molecule has 0 aromatic carbocycles. The molecule has 94 valence electrons. The summed E-state index contributed by atoms with van der Waals surface area (Å²) >= 11 is 0. The number of hydrogen-bond acceptors (Lipinski definition) is 2. The van der Waals surface area contributed by atoms with E-state index in [1.807, 2.05) is 26.0 Å². The first-order valence-electron chi connectivity index (χ1n) is 6.24. The molecule has 0 amide bonds. The Morgan fingerprint density at radius 2 is 1.62 bits per heavy atom. The Labute approximate surface area is 100 Å². The summed E-state index contributed by atoms with van der Waals surface area (Å²) in [4.78, 5) is 0. The van der Waals surface area contributed by atoms with Gasteiger partial charge in [0.05, 0.1) is 13.2 Å². The van der Waals surface area contributed by atoms with Crippen LogP contribution in [0.5, 0.6) is 0 Å². The summed E-state index contributed by atoms with van der Waals surface area (Å²) in [5.41, 5.74) is 0. The van der Waals surface area contributed by atoms with E-state index in [-0.39, 0.29) is 0 Å². The molecule has 2 nitrogen and oxygen atoms in total. The van der Waals surface area contributed by atoms with E-state index in [1.54, 1.807) is 0 Å². The van der Waals surface area contributed by atoms with Gasteiger partial charge in [0.1, 0.15) is 0 Å². The molecule has 2 heteroatoms. The van der Waals surface area contributed by atoms with Gasteiger partial charge in [-0.3, -0.25) is 0 Å². The monoisotopic (exact) mass is 226 g/mol. The Kier molecular flexibility index (Phi) is 8.78.